The Morgan fingerprint density at radius 2 is 1.92 bits per heavy atom. The molecule has 0 fully saturated rings. The highest BCUT2D eigenvalue weighted by atomic mass is 35.5. The van der Waals surface area contributed by atoms with Crippen LogP contribution in [0.25, 0.3) is 0 Å². The number of aromatic nitrogens is 1. The van der Waals surface area contributed by atoms with Crippen molar-refractivity contribution in [3.8, 4) is 12.3 Å². The maximum Gasteiger partial charge on any atom is 0.208 e. The van der Waals surface area contributed by atoms with Gasteiger partial charge in [0.05, 0.1) is 0 Å². The van der Waals surface area contributed by atoms with Crippen molar-refractivity contribution in [2.24, 2.45) is 0 Å². The fraction of sp³-hybridized carbons (Fsp3) is 0.300. The standard InChI is InChI=1S/C10H13N2.ClH/c1-4-7-12-8-5-10(6-9-12)11(2)3;/h1,5-6,8-9H,7H2,2-3H3;1H/q+1;/p-1. The third-order valence-corrected chi connectivity index (χ3v) is 1.66. The van der Waals surface area contributed by atoms with E-state index in [1.165, 1.54) is 5.69 Å². The van der Waals surface area contributed by atoms with Crippen LogP contribution in [0.5, 0.6) is 0 Å². The zero-order valence-corrected chi connectivity index (χ0v) is 8.62. The fourth-order valence-corrected chi connectivity index (χ4v) is 0.958. The first-order valence-corrected chi connectivity index (χ1v) is 3.84. The van der Waals surface area contributed by atoms with E-state index in [1.54, 1.807) is 0 Å². The van der Waals surface area contributed by atoms with E-state index >= 15 is 0 Å². The van der Waals surface area contributed by atoms with Gasteiger partial charge in [0.15, 0.2) is 12.4 Å². The number of rotatable bonds is 2. The van der Waals surface area contributed by atoms with Gasteiger partial charge in [-0.2, -0.15) is 4.57 Å². The van der Waals surface area contributed by atoms with Gasteiger partial charge in [0.1, 0.15) is 0 Å². The molecule has 0 bridgehead atoms. The Balaban J connectivity index is 0.00000144. The fourth-order valence-electron chi connectivity index (χ4n) is 0.958. The summed E-state index contributed by atoms with van der Waals surface area (Å²) in [5.41, 5.74) is 1.18. The van der Waals surface area contributed by atoms with Gasteiger partial charge >= 0.3 is 0 Å². The Labute approximate surface area is 85.6 Å². The third-order valence-electron chi connectivity index (χ3n) is 1.66. The van der Waals surface area contributed by atoms with E-state index in [-0.39, 0.29) is 12.4 Å². The van der Waals surface area contributed by atoms with Crippen LogP contribution in [0.4, 0.5) is 5.69 Å². The number of halogens is 1. The number of hydrogen-bond donors (Lipinski definition) is 0. The smallest absolute Gasteiger partial charge is 0.208 e. The van der Waals surface area contributed by atoms with Gasteiger partial charge in [0.2, 0.25) is 6.54 Å². The van der Waals surface area contributed by atoms with Crippen molar-refractivity contribution < 1.29 is 17.0 Å². The van der Waals surface area contributed by atoms with Gasteiger partial charge in [-0.15, -0.1) is 6.42 Å². The minimum atomic E-state index is 0. The minimum absolute atomic E-state index is 0. The second kappa shape index (κ2) is 5.45. The van der Waals surface area contributed by atoms with Crippen molar-refractivity contribution in [1.29, 1.82) is 0 Å². The van der Waals surface area contributed by atoms with Crippen LogP contribution in [0.15, 0.2) is 24.5 Å². The molecule has 0 amide bonds. The van der Waals surface area contributed by atoms with Crippen molar-refractivity contribution >= 4 is 5.69 Å². The lowest BCUT2D eigenvalue weighted by Crippen LogP contribution is -3.00. The lowest BCUT2D eigenvalue weighted by molar-refractivity contribution is -0.684. The number of anilines is 1. The molecule has 0 saturated heterocycles. The Morgan fingerprint density at radius 1 is 1.38 bits per heavy atom. The van der Waals surface area contributed by atoms with E-state index in [0.29, 0.717) is 6.54 Å². The maximum atomic E-state index is 5.18. The van der Waals surface area contributed by atoms with Gasteiger partial charge in [-0.1, -0.05) is 0 Å². The second-order valence-corrected chi connectivity index (χ2v) is 2.83. The van der Waals surface area contributed by atoms with Gasteiger partial charge in [-0.3, -0.25) is 0 Å². The van der Waals surface area contributed by atoms with Crippen molar-refractivity contribution in [1.82, 2.24) is 0 Å². The molecule has 1 aromatic rings. The first kappa shape index (κ1) is 11.8. The van der Waals surface area contributed by atoms with E-state index in [9.17, 15) is 0 Å². The molecule has 0 spiro atoms. The highest BCUT2D eigenvalue weighted by molar-refractivity contribution is 5.41. The lowest BCUT2D eigenvalue weighted by Gasteiger charge is -2.09. The molecule has 0 atom stereocenters. The van der Waals surface area contributed by atoms with Gasteiger partial charge in [-0.05, 0) is 5.92 Å². The highest BCUT2D eigenvalue weighted by Crippen LogP contribution is 2.05. The Morgan fingerprint density at radius 3 is 2.31 bits per heavy atom. The van der Waals surface area contributed by atoms with Crippen molar-refractivity contribution in [2.45, 2.75) is 6.54 Å². The van der Waals surface area contributed by atoms with Gasteiger partial charge in [0.25, 0.3) is 0 Å². The molecule has 13 heavy (non-hydrogen) atoms. The number of nitrogens with zero attached hydrogens (tertiary/aromatic N) is 2. The highest BCUT2D eigenvalue weighted by Gasteiger charge is 1.98. The van der Waals surface area contributed by atoms with Crippen LogP contribution in [0, 0.1) is 12.3 Å². The lowest BCUT2D eigenvalue weighted by atomic mass is 10.4. The SMILES string of the molecule is C#CC[n+]1ccc(N(C)C)cc1.[Cl-]. The molecule has 0 unspecified atom stereocenters. The maximum absolute atomic E-state index is 5.18. The van der Waals surface area contributed by atoms with Gasteiger partial charge in [-0.25, -0.2) is 0 Å². The largest absolute Gasteiger partial charge is 1.00 e. The number of hydrogen-bond acceptors (Lipinski definition) is 1. The summed E-state index contributed by atoms with van der Waals surface area (Å²) < 4.78 is 1.97. The average molecular weight is 197 g/mol. The van der Waals surface area contributed by atoms with Gasteiger partial charge in [0, 0.05) is 31.9 Å². The molecular weight excluding hydrogens is 184 g/mol. The van der Waals surface area contributed by atoms with E-state index in [0.717, 1.165) is 0 Å². The molecule has 0 radical (unpaired) electrons. The summed E-state index contributed by atoms with van der Waals surface area (Å²) in [7, 11) is 4.03. The zero-order chi connectivity index (χ0) is 8.97. The topological polar surface area (TPSA) is 7.12 Å². The van der Waals surface area contributed by atoms with E-state index in [2.05, 4.69) is 10.8 Å². The molecule has 70 valence electrons. The van der Waals surface area contributed by atoms with E-state index in [4.69, 9.17) is 6.42 Å². The Kier molecular flexibility index (Phi) is 4.94. The predicted molar refractivity (Wildman–Crippen MR) is 49.8 cm³/mol. The molecule has 0 saturated carbocycles. The molecule has 0 aliphatic carbocycles. The summed E-state index contributed by atoms with van der Waals surface area (Å²) in [5.74, 6) is 2.58. The van der Waals surface area contributed by atoms with Crippen molar-refractivity contribution in [2.75, 3.05) is 19.0 Å². The van der Waals surface area contributed by atoms with Crippen LogP contribution in [0.1, 0.15) is 0 Å². The molecule has 1 heterocycles. The summed E-state index contributed by atoms with van der Waals surface area (Å²) in [6, 6.07) is 4.08. The summed E-state index contributed by atoms with van der Waals surface area (Å²) >= 11 is 0. The monoisotopic (exact) mass is 196 g/mol. The van der Waals surface area contributed by atoms with Crippen LogP contribution >= 0.6 is 0 Å². The first-order chi connectivity index (χ1) is 5.74. The van der Waals surface area contributed by atoms with E-state index < -0.39 is 0 Å². The summed E-state index contributed by atoms with van der Waals surface area (Å²) in [4.78, 5) is 2.06. The molecule has 0 aliphatic rings. The Bertz CT molecular complexity index is 285. The molecule has 3 heteroatoms. The normalized spacial score (nSPS) is 8.38. The van der Waals surface area contributed by atoms with Crippen LogP contribution in [0.2, 0.25) is 0 Å². The van der Waals surface area contributed by atoms with Crippen LogP contribution in [0.3, 0.4) is 0 Å². The molecule has 1 aromatic heterocycles. The molecule has 0 aromatic carbocycles. The molecular formula is C10H13ClN2. The van der Waals surface area contributed by atoms with Crippen molar-refractivity contribution in [3.63, 3.8) is 0 Å². The van der Waals surface area contributed by atoms with Crippen LogP contribution < -0.4 is 21.9 Å². The minimum Gasteiger partial charge on any atom is -1.00 e. The quantitative estimate of drug-likeness (QED) is 0.381. The third kappa shape index (κ3) is 3.35. The van der Waals surface area contributed by atoms with Gasteiger partial charge < -0.3 is 17.3 Å². The summed E-state index contributed by atoms with van der Waals surface area (Å²) in [5, 5.41) is 0. The molecule has 0 aliphatic heterocycles. The van der Waals surface area contributed by atoms with Crippen LogP contribution in [-0.2, 0) is 6.54 Å². The van der Waals surface area contributed by atoms with Crippen molar-refractivity contribution in [3.05, 3.63) is 24.5 Å². The number of terminal acetylenes is 1. The van der Waals surface area contributed by atoms with Crippen LogP contribution in [-0.4, -0.2) is 14.1 Å². The number of pyridine rings is 1. The van der Waals surface area contributed by atoms with E-state index in [1.807, 2.05) is 43.2 Å². The molecule has 1 rings (SSSR count). The zero-order valence-electron chi connectivity index (χ0n) is 7.87. The summed E-state index contributed by atoms with van der Waals surface area (Å²) in [6.07, 6.45) is 9.14. The summed E-state index contributed by atoms with van der Waals surface area (Å²) in [6.45, 7) is 0.633. The average Bonchev–Trinajstić information content (AvgIpc) is 2.06. The predicted octanol–water partition coefficient (Wildman–Crippen LogP) is -2.32. The second-order valence-electron chi connectivity index (χ2n) is 2.83. The first-order valence-electron chi connectivity index (χ1n) is 3.84. The molecule has 0 N–H and O–H groups in total. The Hall–Kier alpha value is -1.20. The molecule has 2 nitrogen and oxygen atoms in total.